The second-order valence-electron chi connectivity index (χ2n) is 7.53. The van der Waals surface area contributed by atoms with Crippen LogP contribution in [0.15, 0.2) is 70.0 Å². The number of halogens is 4. The summed E-state index contributed by atoms with van der Waals surface area (Å²) in [6, 6.07) is 18.6. The maximum atomic E-state index is 13.0. The third kappa shape index (κ3) is 6.82. The number of imide groups is 1. The van der Waals surface area contributed by atoms with Gasteiger partial charge in [0.2, 0.25) is 5.91 Å². The van der Waals surface area contributed by atoms with E-state index in [1.54, 1.807) is 24.3 Å². The zero-order chi connectivity index (χ0) is 25.8. The molecule has 6 nitrogen and oxygen atoms in total. The van der Waals surface area contributed by atoms with Gasteiger partial charge in [-0.05, 0) is 115 Å². The monoisotopic (exact) mass is 808 g/mol. The smallest absolute Gasteiger partial charge is 0.294 e. The lowest BCUT2D eigenvalue weighted by Gasteiger charge is -2.14. The molecule has 1 aliphatic rings. The fourth-order valence-corrected chi connectivity index (χ4v) is 6.57. The Balaban J connectivity index is 1.51. The van der Waals surface area contributed by atoms with E-state index in [-0.39, 0.29) is 4.91 Å². The van der Waals surface area contributed by atoms with Crippen LogP contribution in [-0.2, 0) is 16.2 Å². The molecule has 0 spiro atoms. The molecule has 3 amide bonds. The Hall–Kier alpha value is -1.61. The van der Waals surface area contributed by atoms with Gasteiger partial charge < -0.3 is 10.1 Å². The summed E-state index contributed by atoms with van der Waals surface area (Å²) >= 11 is 14.5. The van der Waals surface area contributed by atoms with Crippen LogP contribution in [0.3, 0.4) is 0 Å². The summed E-state index contributed by atoms with van der Waals surface area (Å²) in [5.74, 6) is -0.416. The van der Waals surface area contributed by atoms with E-state index in [0.717, 1.165) is 29.4 Å². The zero-order valence-electron chi connectivity index (χ0n) is 18.3. The Morgan fingerprint density at radius 1 is 1.11 bits per heavy atom. The number of carbonyl (C=O) groups is 3. The molecule has 0 bridgehead atoms. The lowest BCUT2D eigenvalue weighted by Crippen LogP contribution is -2.36. The molecule has 11 heteroatoms. The van der Waals surface area contributed by atoms with Crippen molar-refractivity contribution < 1.29 is 19.1 Å². The molecule has 1 aliphatic heterocycles. The molecule has 1 fully saturated rings. The third-order valence-corrected chi connectivity index (χ3v) is 8.49. The first-order chi connectivity index (χ1) is 17.2. The molecule has 0 unspecified atom stereocenters. The average Bonchev–Trinajstić information content (AvgIpc) is 3.08. The molecule has 0 aromatic heterocycles. The van der Waals surface area contributed by atoms with Gasteiger partial charge in [0.05, 0.1) is 13.5 Å². The Kier molecular flexibility index (Phi) is 9.36. The van der Waals surface area contributed by atoms with E-state index >= 15 is 0 Å². The first-order valence-electron chi connectivity index (χ1n) is 10.4. The van der Waals surface area contributed by atoms with Gasteiger partial charge in [-0.2, -0.15) is 0 Å². The van der Waals surface area contributed by atoms with Crippen molar-refractivity contribution in [2.45, 2.75) is 6.61 Å². The fraction of sp³-hybridized carbons (Fsp3) is 0.0800. The van der Waals surface area contributed by atoms with Crippen molar-refractivity contribution in [1.82, 2.24) is 4.90 Å². The van der Waals surface area contributed by atoms with E-state index in [9.17, 15) is 14.4 Å². The third-order valence-electron chi connectivity index (χ3n) is 4.93. The molecule has 1 N–H and O–H groups in total. The van der Waals surface area contributed by atoms with Crippen LogP contribution in [0.25, 0.3) is 6.08 Å². The summed E-state index contributed by atoms with van der Waals surface area (Å²) in [4.78, 5) is 39.3. The van der Waals surface area contributed by atoms with Gasteiger partial charge in [0, 0.05) is 19.3 Å². The SMILES string of the molecule is O=C(CN1C(=O)S/C(=C/c2cc(I)cc(I)c2OCc2ccccc2)C1=O)Nc1ccc(Br)c(Cl)c1. The molecule has 1 heterocycles. The predicted octanol–water partition coefficient (Wildman–Crippen LogP) is 7.57. The Labute approximate surface area is 252 Å². The van der Waals surface area contributed by atoms with Gasteiger partial charge in [0.1, 0.15) is 18.9 Å². The van der Waals surface area contributed by atoms with Gasteiger partial charge in [-0.15, -0.1) is 0 Å². The van der Waals surface area contributed by atoms with Crippen LogP contribution in [-0.4, -0.2) is 28.5 Å². The van der Waals surface area contributed by atoms with Crippen molar-refractivity contribution >= 4 is 113 Å². The second-order valence-corrected chi connectivity index (χ2v) is 12.2. The van der Waals surface area contributed by atoms with Crippen LogP contribution >= 0.6 is 84.5 Å². The van der Waals surface area contributed by atoms with Gasteiger partial charge in [0.15, 0.2) is 0 Å². The van der Waals surface area contributed by atoms with Crippen molar-refractivity contribution in [3.05, 3.63) is 93.3 Å². The Bertz CT molecular complexity index is 1390. The fourth-order valence-electron chi connectivity index (χ4n) is 3.27. The number of ether oxygens (including phenoxy) is 1. The van der Waals surface area contributed by atoms with E-state index < -0.39 is 23.6 Å². The molecule has 3 aromatic carbocycles. The summed E-state index contributed by atoms with van der Waals surface area (Å²) in [5.41, 5.74) is 2.15. The summed E-state index contributed by atoms with van der Waals surface area (Å²) in [7, 11) is 0. The summed E-state index contributed by atoms with van der Waals surface area (Å²) in [6.45, 7) is -0.0447. The van der Waals surface area contributed by atoms with Crippen LogP contribution in [0, 0.1) is 7.14 Å². The number of thioether (sulfide) groups is 1. The normalized spacial score (nSPS) is 14.4. The molecule has 0 saturated carbocycles. The number of anilines is 1. The number of hydrogen-bond donors (Lipinski definition) is 1. The molecular formula is C25H16BrClI2N2O4S. The first kappa shape index (κ1) is 27.4. The molecule has 3 aromatic rings. The van der Waals surface area contributed by atoms with E-state index in [4.69, 9.17) is 16.3 Å². The van der Waals surface area contributed by atoms with Gasteiger partial charge >= 0.3 is 0 Å². The lowest BCUT2D eigenvalue weighted by atomic mass is 10.1. The number of rotatable bonds is 7. The molecule has 0 aliphatic carbocycles. The second kappa shape index (κ2) is 12.3. The molecule has 36 heavy (non-hydrogen) atoms. The van der Waals surface area contributed by atoms with Gasteiger partial charge in [-0.3, -0.25) is 19.3 Å². The maximum absolute atomic E-state index is 13.0. The zero-order valence-corrected chi connectivity index (χ0v) is 25.7. The minimum atomic E-state index is -0.531. The van der Waals surface area contributed by atoms with E-state index in [1.165, 1.54) is 0 Å². The first-order valence-corrected chi connectivity index (χ1v) is 14.5. The quantitative estimate of drug-likeness (QED) is 0.197. The largest absolute Gasteiger partial charge is 0.487 e. The predicted molar refractivity (Wildman–Crippen MR) is 163 cm³/mol. The van der Waals surface area contributed by atoms with E-state index in [1.807, 2.05) is 42.5 Å². The Morgan fingerprint density at radius 3 is 2.58 bits per heavy atom. The molecule has 184 valence electrons. The van der Waals surface area contributed by atoms with Crippen LogP contribution < -0.4 is 10.1 Å². The van der Waals surface area contributed by atoms with Crippen molar-refractivity contribution in [3.63, 3.8) is 0 Å². The standard InChI is InChI=1S/C25H16BrClI2N2O4S/c26-18-7-6-17(11-19(18)27)30-22(32)12-31-24(33)21(36-25(31)34)9-15-8-16(28)10-20(29)23(15)35-13-14-4-2-1-3-5-14/h1-11H,12-13H2,(H,30,32)/b21-9+. The highest BCUT2D eigenvalue weighted by atomic mass is 127. The lowest BCUT2D eigenvalue weighted by molar-refractivity contribution is -0.127. The summed E-state index contributed by atoms with van der Waals surface area (Å²) in [6.07, 6.45) is 1.64. The topological polar surface area (TPSA) is 75.7 Å². The molecular weight excluding hydrogens is 794 g/mol. The van der Waals surface area contributed by atoms with Crippen molar-refractivity contribution in [3.8, 4) is 5.75 Å². The number of amides is 3. The van der Waals surface area contributed by atoms with Crippen molar-refractivity contribution in [1.29, 1.82) is 0 Å². The number of hydrogen-bond acceptors (Lipinski definition) is 5. The number of carbonyl (C=O) groups excluding carboxylic acids is 3. The van der Waals surface area contributed by atoms with Crippen LogP contribution in [0.1, 0.15) is 11.1 Å². The van der Waals surface area contributed by atoms with Crippen LogP contribution in [0.5, 0.6) is 5.75 Å². The van der Waals surface area contributed by atoms with Crippen molar-refractivity contribution in [2.24, 2.45) is 0 Å². The summed E-state index contributed by atoms with van der Waals surface area (Å²) < 4.78 is 8.64. The van der Waals surface area contributed by atoms with Crippen LogP contribution in [0.4, 0.5) is 10.5 Å². The Morgan fingerprint density at radius 2 is 1.86 bits per heavy atom. The number of benzene rings is 3. The highest BCUT2D eigenvalue weighted by Crippen LogP contribution is 2.36. The minimum absolute atomic E-state index is 0.224. The van der Waals surface area contributed by atoms with Crippen LogP contribution in [0.2, 0.25) is 5.02 Å². The van der Waals surface area contributed by atoms with E-state index in [0.29, 0.717) is 33.1 Å². The number of nitrogens with one attached hydrogen (secondary N) is 1. The molecule has 1 saturated heterocycles. The van der Waals surface area contributed by atoms with E-state index in [2.05, 4.69) is 66.4 Å². The molecule has 0 radical (unpaired) electrons. The van der Waals surface area contributed by atoms with Gasteiger partial charge in [0.25, 0.3) is 11.1 Å². The van der Waals surface area contributed by atoms with Gasteiger partial charge in [-0.1, -0.05) is 41.9 Å². The minimum Gasteiger partial charge on any atom is -0.487 e. The van der Waals surface area contributed by atoms with Crippen molar-refractivity contribution in [2.75, 3.05) is 11.9 Å². The van der Waals surface area contributed by atoms with Gasteiger partial charge in [-0.25, -0.2) is 0 Å². The average molecular weight is 810 g/mol. The maximum Gasteiger partial charge on any atom is 0.294 e. The summed E-state index contributed by atoms with van der Waals surface area (Å²) in [5, 5.41) is 2.58. The molecule has 0 atom stereocenters. The highest BCUT2D eigenvalue weighted by molar-refractivity contribution is 14.1. The highest BCUT2D eigenvalue weighted by Gasteiger charge is 2.36. The molecule has 4 rings (SSSR count). The number of nitrogens with zero attached hydrogens (tertiary/aromatic N) is 1.